The van der Waals surface area contributed by atoms with Crippen molar-refractivity contribution in [1.82, 2.24) is 15.1 Å². The number of hydrogen-bond acceptors (Lipinski definition) is 3. The summed E-state index contributed by atoms with van der Waals surface area (Å²) >= 11 is 0. The van der Waals surface area contributed by atoms with Gasteiger partial charge in [-0.3, -0.25) is 9.89 Å². The number of aliphatic imine (C=N–C) groups is 1. The molecular formula is C24H41IN4O. The average molecular weight is 529 g/mol. The number of guanidine groups is 1. The molecule has 0 atom stereocenters. The highest BCUT2D eigenvalue weighted by atomic mass is 127. The number of likely N-dealkylation sites (tertiary alicyclic amines) is 1. The summed E-state index contributed by atoms with van der Waals surface area (Å²) in [4.78, 5) is 9.40. The molecule has 0 radical (unpaired) electrons. The number of nitrogens with zero attached hydrogens (tertiary/aromatic N) is 3. The molecule has 2 aliphatic heterocycles. The number of hydrogen-bond donors (Lipinski definition) is 1. The van der Waals surface area contributed by atoms with Crippen LogP contribution in [0.2, 0.25) is 0 Å². The molecule has 2 heterocycles. The van der Waals surface area contributed by atoms with E-state index in [0.717, 1.165) is 50.6 Å². The zero-order chi connectivity index (χ0) is 20.5. The summed E-state index contributed by atoms with van der Waals surface area (Å²) in [5.74, 6) is 2.59. The lowest BCUT2D eigenvalue weighted by Crippen LogP contribution is -2.44. The maximum Gasteiger partial charge on any atom is 0.193 e. The number of nitrogens with one attached hydrogen (secondary N) is 1. The number of piperidine rings is 1. The van der Waals surface area contributed by atoms with Gasteiger partial charge in [0, 0.05) is 46.9 Å². The normalized spacial score (nSPS) is 19.4. The number of ether oxygens (including phenoxy) is 1. The Morgan fingerprint density at radius 3 is 2.40 bits per heavy atom. The zero-order valence-corrected chi connectivity index (χ0v) is 21.4. The first kappa shape index (κ1) is 25.4. The van der Waals surface area contributed by atoms with Gasteiger partial charge >= 0.3 is 0 Å². The molecule has 2 saturated heterocycles. The van der Waals surface area contributed by atoms with Crippen molar-refractivity contribution in [2.45, 2.75) is 45.6 Å². The van der Waals surface area contributed by atoms with Gasteiger partial charge in [-0.15, -0.1) is 24.0 Å². The minimum atomic E-state index is 0. The Morgan fingerprint density at radius 2 is 1.77 bits per heavy atom. The van der Waals surface area contributed by atoms with E-state index in [-0.39, 0.29) is 24.0 Å². The van der Waals surface area contributed by atoms with E-state index in [9.17, 15) is 0 Å². The van der Waals surface area contributed by atoms with Gasteiger partial charge in [0.1, 0.15) is 0 Å². The van der Waals surface area contributed by atoms with E-state index in [1.54, 1.807) is 0 Å². The van der Waals surface area contributed by atoms with Crippen LogP contribution in [0.5, 0.6) is 0 Å². The van der Waals surface area contributed by atoms with Crippen molar-refractivity contribution in [3.63, 3.8) is 0 Å². The summed E-state index contributed by atoms with van der Waals surface area (Å²) in [6.45, 7) is 9.59. The maximum absolute atomic E-state index is 5.47. The van der Waals surface area contributed by atoms with Gasteiger partial charge in [-0.05, 0) is 69.5 Å². The quantitative estimate of drug-likeness (QED) is 0.328. The van der Waals surface area contributed by atoms with Crippen LogP contribution < -0.4 is 5.32 Å². The third kappa shape index (κ3) is 8.35. The Kier molecular flexibility index (Phi) is 11.5. The van der Waals surface area contributed by atoms with Gasteiger partial charge in [0.15, 0.2) is 5.96 Å². The molecule has 3 rings (SSSR count). The molecule has 0 amide bonds. The summed E-state index contributed by atoms with van der Waals surface area (Å²) < 4.78 is 5.47. The molecule has 6 heteroatoms. The Labute approximate surface area is 200 Å². The van der Waals surface area contributed by atoms with Crippen LogP contribution in [0.3, 0.4) is 0 Å². The molecule has 0 bridgehead atoms. The molecule has 0 aromatic heterocycles. The Bertz CT molecular complexity index is 623. The van der Waals surface area contributed by atoms with Crippen LogP contribution in [-0.4, -0.2) is 69.2 Å². The molecular weight excluding hydrogens is 487 g/mol. The molecule has 1 aromatic rings. The Balaban J connectivity index is 0.00000320. The van der Waals surface area contributed by atoms with E-state index < -0.39 is 0 Å². The number of halogens is 1. The second-order valence-corrected chi connectivity index (χ2v) is 8.90. The first-order valence-electron chi connectivity index (χ1n) is 11.4. The van der Waals surface area contributed by atoms with Crippen molar-refractivity contribution in [2.24, 2.45) is 16.8 Å². The van der Waals surface area contributed by atoms with Crippen molar-refractivity contribution < 1.29 is 4.74 Å². The zero-order valence-electron chi connectivity index (χ0n) is 19.1. The topological polar surface area (TPSA) is 40.1 Å². The van der Waals surface area contributed by atoms with Crippen LogP contribution >= 0.6 is 24.0 Å². The summed E-state index contributed by atoms with van der Waals surface area (Å²) in [7, 11) is 4.07. The SMILES string of the molecule is CN=C(NCC1CCN(Cc2ccc(C)cc2)CC1)N(C)CCC1CCOCC1.I. The molecule has 0 unspecified atom stereocenters. The standard InChI is InChI=1S/C24H40N4O.HI/c1-20-4-6-23(7-5-20)19-28-14-9-22(10-15-28)18-26-24(25-2)27(3)13-8-21-11-16-29-17-12-21;/h4-7,21-22H,8-19H2,1-3H3,(H,25,26);1H. The molecule has 2 aliphatic rings. The highest BCUT2D eigenvalue weighted by Gasteiger charge is 2.20. The monoisotopic (exact) mass is 528 g/mol. The smallest absolute Gasteiger partial charge is 0.193 e. The van der Waals surface area contributed by atoms with E-state index in [1.807, 2.05) is 7.05 Å². The average Bonchev–Trinajstić information content (AvgIpc) is 2.76. The van der Waals surface area contributed by atoms with E-state index in [2.05, 4.69) is 58.3 Å². The highest BCUT2D eigenvalue weighted by molar-refractivity contribution is 14.0. The molecule has 0 saturated carbocycles. The fourth-order valence-corrected chi connectivity index (χ4v) is 4.44. The lowest BCUT2D eigenvalue weighted by atomic mass is 9.96. The molecule has 1 N–H and O–H groups in total. The van der Waals surface area contributed by atoms with Crippen molar-refractivity contribution in [3.05, 3.63) is 35.4 Å². The van der Waals surface area contributed by atoms with Crippen LogP contribution in [0.1, 0.15) is 43.2 Å². The first-order chi connectivity index (χ1) is 14.1. The van der Waals surface area contributed by atoms with Crippen LogP contribution in [0, 0.1) is 18.8 Å². The summed E-state index contributed by atoms with van der Waals surface area (Å²) in [6.07, 6.45) is 6.18. The minimum absolute atomic E-state index is 0. The first-order valence-corrected chi connectivity index (χ1v) is 11.4. The second kappa shape index (κ2) is 13.5. The minimum Gasteiger partial charge on any atom is -0.381 e. The fourth-order valence-electron chi connectivity index (χ4n) is 4.44. The molecule has 0 spiro atoms. The number of benzene rings is 1. The lowest BCUT2D eigenvalue weighted by molar-refractivity contribution is 0.0625. The highest BCUT2D eigenvalue weighted by Crippen LogP contribution is 2.20. The van der Waals surface area contributed by atoms with Crippen LogP contribution in [-0.2, 0) is 11.3 Å². The van der Waals surface area contributed by atoms with Crippen molar-refractivity contribution in [1.29, 1.82) is 0 Å². The largest absolute Gasteiger partial charge is 0.381 e. The molecule has 1 aromatic carbocycles. The summed E-state index contributed by atoms with van der Waals surface area (Å²) in [5.41, 5.74) is 2.77. The molecule has 0 aliphatic carbocycles. The third-order valence-electron chi connectivity index (χ3n) is 6.57. The van der Waals surface area contributed by atoms with Gasteiger partial charge in [-0.1, -0.05) is 29.8 Å². The lowest BCUT2D eigenvalue weighted by Gasteiger charge is -2.33. The summed E-state index contributed by atoms with van der Waals surface area (Å²) in [5, 5.41) is 3.63. The Morgan fingerprint density at radius 1 is 1.10 bits per heavy atom. The van der Waals surface area contributed by atoms with Crippen molar-refractivity contribution >= 4 is 29.9 Å². The predicted molar refractivity (Wildman–Crippen MR) is 137 cm³/mol. The van der Waals surface area contributed by atoms with Gasteiger partial charge in [-0.25, -0.2) is 0 Å². The van der Waals surface area contributed by atoms with Crippen LogP contribution in [0.15, 0.2) is 29.3 Å². The van der Waals surface area contributed by atoms with E-state index in [1.165, 1.54) is 56.3 Å². The van der Waals surface area contributed by atoms with Crippen molar-refractivity contribution in [2.75, 3.05) is 53.5 Å². The van der Waals surface area contributed by atoms with Gasteiger partial charge in [0.25, 0.3) is 0 Å². The fraction of sp³-hybridized carbons (Fsp3) is 0.708. The molecule has 2 fully saturated rings. The second-order valence-electron chi connectivity index (χ2n) is 8.90. The van der Waals surface area contributed by atoms with Crippen LogP contribution in [0.4, 0.5) is 0 Å². The maximum atomic E-state index is 5.47. The third-order valence-corrected chi connectivity index (χ3v) is 6.57. The molecule has 170 valence electrons. The van der Waals surface area contributed by atoms with Gasteiger partial charge in [0.05, 0.1) is 0 Å². The predicted octanol–water partition coefficient (Wildman–Crippen LogP) is 4.15. The van der Waals surface area contributed by atoms with Gasteiger partial charge in [0.2, 0.25) is 0 Å². The van der Waals surface area contributed by atoms with Crippen molar-refractivity contribution in [3.8, 4) is 0 Å². The number of aryl methyl sites for hydroxylation is 1. The van der Waals surface area contributed by atoms with Crippen LogP contribution in [0.25, 0.3) is 0 Å². The van der Waals surface area contributed by atoms with Gasteiger partial charge in [-0.2, -0.15) is 0 Å². The van der Waals surface area contributed by atoms with E-state index >= 15 is 0 Å². The number of rotatable bonds is 7. The summed E-state index contributed by atoms with van der Waals surface area (Å²) in [6, 6.07) is 8.97. The van der Waals surface area contributed by atoms with E-state index in [4.69, 9.17) is 4.74 Å². The van der Waals surface area contributed by atoms with Gasteiger partial charge < -0.3 is 15.0 Å². The Hall–Kier alpha value is -0.860. The molecule has 30 heavy (non-hydrogen) atoms. The molecule has 5 nitrogen and oxygen atoms in total. The van der Waals surface area contributed by atoms with E-state index in [0.29, 0.717) is 0 Å².